The zero-order valence-electron chi connectivity index (χ0n) is 11.3. The van der Waals surface area contributed by atoms with Crippen LogP contribution in [0.15, 0.2) is 42.5 Å². The Morgan fingerprint density at radius 1 is 1.09 bits per heavy atom. The fourth-order valence-electron chi connectivity index (χ4n) is 1.75. The largest absolute Gasteiger partial charge is 0.508 e. The molecule has 0 aliphatic rings. The van der Waals surface area contributed by atoms with Crippen LogP contribution < -0.4 is 4.74 Å². The van der Waals surface area contributed by atoms with E-state index in [4.69, 9.17) is 4.74 Å². The molecule has 0 bridgehead atoms. The summed E-state index contributed by atoms with van der Waals surface area (Å²) in [6.07, 6.45) is -4.49. The summed E-state index contributed by atoms with van der Waals surface area (Å²) in [6.45, 7) is 0. The lowest BCUT2D eigenvalue weighted by Crippen LogP contribution is -2.04. The van der Waals surface area contributed by atoms with Gasteiger partial charge >= 0.3 is 12.1 Å². The van der Waals surface area contributed by atoms with Gasteiger partial charge in [0.05, 0.1) is 18.2 Å². The number of hydrogen-bond acceptors (Lipinski definition) is 4. The molecule has 0 aliphatic carbocycles. The van der Waals surface area contributed by atoms with Crippen molar-refractivity contribution in [1.82, 2.24) is 0 Å². The van der Waals surface area contributed by atoms with Gasteiger partial charge in [0.15, 0.2) is 0 Å². The Morgan fingerprint density at radius 3 is 2.45 bits per heavy atom. The lowest BCUT2D eigenvalue weighted by Gasteiger charge is -2.11. The molecular weight excluding hydrogens is 301 g/mol. The Hall–Kier alpha value is -2.70. The average Bonchev–Trinajstić information content (AvgIpc) is 2.45. The van der Waals surface area contributed by atoms with E-state index in [1.165, 1.54) is 31.4 Å². The van der Waals surface area contributed by atoms with Crippen molar-refractivity contribution in [2.45, 2.75) is 6.18 Å². The third kappa shape index (κ3) is 3.69. The third-order valence-corrected chi connectivity index (χ3v) is 2.71. The number of phenolic OH excluding ortho intramolecular Hbond substituents is 1. The molecule has 2 aromatic carbocycles. The van der Waals surface area contributed by atoms with Crippen LogP contribution in [0.5, 0.6) is 17.2 Å². The lowest BCUT2D eigenvalue weighted by molar-refractivity contribution is -0.137. The maximum atomic E-state index is 12.6. The minimum absolute atomic E-state index is 0.0136. The highest BCUT2D eigenvalue weighted by molar-refractivity contribution is 5.90. The van der Waals surface area contributed by atoms with Crippen molar-refractivity contribution in [2.24, 2.45) is 0 Å². The third-order valence-electron chi connectivity index (χ3n) is 2.71. The van der Waals surface area contributed by atoms with Gasteiger partial charge in [-0.15, -0.1) is 0 Å². The van der Waals surface area contributed by atoms with Crippen molar-refractivity contribution in [3.05, 3.63) is 53.6 Å². The Kier molecular flexibility index (Phi) is 4.25. The Labute approximate surface area is 123 Å². The van der Waals surface area contributed by atoms with Gasteiger partial charge in [0.1, 0.15) is 17.2 Å². The second-order valence-corrected chi connectivity index (χ2v) is 4.33. The van der Waals surface area contributed by atoms with E-state index in [2.05, 4.69) is 4.74 Å². The first kappa shape index (κ1) is 15.7. The summed E-state index contributed by atoms with van der Waals surface area (Å²) in [6, 6.07) is 7.85. The topological polar surface area (TPSA) is 55.8 Å². The number of hydrogen-bond donors (Lipinski definition) is 1. The molecule has 0 heterocycles. The number of aromatic hydroxyl groups is 1. The summed E-state index contributed by atoms with van der Waals surface area (Å²) >= 11 is 0. The molecule has 116 valence electrons. The van der Waals surface area contributed by atoms with Crippen LogP contribution in [-0.4, -0.2) is 18.2 Å². The first-order chi connectivity index (χ1) is 10.3. The number of methoxy groups -OCH3 is 1. The number of carbonyl (C=O) groups is 1. The lowest BCUT2D eigenvalue weighted by atomic mass is 10.2. The smallest absolute Gasteiger partial charge is 0.416 e. The molecule has 0 radical (unpaired) electrons. The molecule has 2 aromatic rings. The molecule has 0 spiro atoms. The van der Waals surface area contributed by atoms with Crippen LogP contribution in [0.4, 0.5) is 13.2 Å². The molecule has 0 aromatic heterocycles. The maximum Gasteiger partial charge on any atom is 0.416 e. The molecule has 0 unspecified atom stereocenters. The highest BCUT2D eigenvalue weighted by atomic mass is 19.4. The van der Waals surface area contributed by atoms with Crippen LogP contribution >= 0.6 is 0 Å². The maximum absolute atomic E-state index is 12.6. The fourth-order valence-corrected chi connectivity index (χ4v) is 1.75. The number of rotatable bonds is 3. The molecule has 0 fully saturated rings. The van der Waals surface area contributed by atoms with Gasteiger partial charge in [-0.25, -0.2) is 4.79 Å². The highest BCUT2D eigenvalue weighted by Crippen LogP contribution is 2.33. The summed E-state index contributed by atoms with van der Waals surface area (Å²) < 4.78 is 47.7. The highest BCUT2D eigenvalue weighted by Gasteiger charge is 2.30. The van der Waals surface area contributed by atoms with E-state index >= 15 is 0 Å². The number of alkyl halides is 3. The molecule has 4 nitrogen and oxygen atoms in total. The van der Waals surface area contributed by atoms with Gasteiger partial charge in [-0.1, -0.05) is 6.07 Å². The average molecular weight is 312 g/mol. The predicted molar refractivity (Wildman–Crippen MR) is 71.0 cm³/mol. The van der Waals surface area contributed by atoms with Crippen molar-refractivity contribution in [3.8, 4) is 17.2 Å². The van der Waals surface area contributed by atoms with Crippen molar-refractivity contribution < 1.29 is 32.5 Å². The van der Waals surface area contributed by atoms with Crippen molar-refractivity contribution >= 4 is 5.97 Å². The summed E-state index contributed by atoms with van der Waals surface area (Å²) in [7, 11) is 1.17. The molecule has 1 N–H and O–H groups in total. The van der Waals surface area contributed by atoms with Crippen LogP contribution in [0.3, 0.4) is 0 Å². The van der Waals surface area contributed by atoms with Gasteiger partial charge in [0, 0.05) is 6.07 Å². The molecule has 7 heteroatoms. The van der Waals surface area contributed by atoms with E-state index in [1.54, 1.807) is 0 Å². The van der Waals surface area contributed by atoms with Gasteiger partial charge in [-0.2, -0.15) is 13.2 Å². The Morgan fingerprint density at radius 2 is 1.82 bits per heavy atom. The van der Waals surface area contributed by atoms with Crippen LogP contribution in [0, 0.1) is 0 Å². The normalized spacial score (nSPS) is 11.1. The summed E-state index contributed by atoms with van der Waals surface area (Å²) in [5.74, 6) is -1.04. The number of halogens is 3. The van der Waals surface area contributed by atoms with Crippen molar-refractivity contribution in [2.75, 3.05) is 7.11 Å². The second kappa shape index (κ2) is 5.97. The van der Waals surface area contributed by atoms with Crippen LogP contribution in [-0.2, 0) is 10.9 Å². The second-order valence-electron chi connectivity index (χ2n) is 4.33. The molecule has 22 heavy (non-hydrogen) atoms. The zero-order valence-corrected chi connectivity index (χ0v) is 11.3. The summed E-state index contributed by atoms with van der Waals surface area (Å²) in [4.78, 5) is 11.4. The predicted octanol–water partition coefficient (Wildman–Crippen LogP) is 3.99. The van der Waals surface area contributed by atoms with E-state index in [0.29, 0.717) is 0 Å². The number of phenols is 1. The van der Waals surface area contributed by atoms with E-state index in [9.17, 15) is 23.1 Å². The summed E-state index contributed by atoms with van der Waals surface area (Å²) in [5, 5.41) is 9.53. The van der Waals surface area contributed by atoms with E-state index < -0.39 is 17.7 Å². The van der Waals surface area contributed by atoms with Gasteiger partial charge in [-0.05, 0) is 30.3 Å². The molecule has 0 saturated heterocycles. The van der Waals surface area contributed by atoms with Crippen molar-refractivity contribution in [3.63, 3.8) is 0 Å². The molecule has 2 rings (SSSR count). The number of esters is 1. The molecule has 0 atom stereocenters. The first-order valence-electron chi connectivity index (χ1n) is 6.07. The Balaban J connectivity index is 2.31. The quantitative estimate of drug-likeness (QED) is 0.871. The van der Waals surface area contributed by atoms with Crippen LogP contribution in [0.2, 0.25) is 0 Å². The van der Waals surface area contributed by atoms with Gasteiger partial charge in [-0.3, -0.25) is 0 Å². The number of benzene rings is 2. The number of ether oxygens (including phenoxy) is 2. The van der Waals surface area contributed by atoms with Gasteiger partial charge in [0.2, 0.25) is 0 Å². The minimum atomic E-state index is -4.49. The SMILES string of the molecule is COC(=O)c1cc(O)cc(Oc2cccc(C(F)(F)F)c2)c1. The van der Waals surface area contributed by atoms with Crippen LogP contribution in [0.25, 0.3) is 0 Å². The monoisotopic (exact) mass is 312 g/mol. The minimum Gasteiger partial charge on any atom is -0.508 e. The van der Waals surface area contributed by atoms with E-state index in [-0.39, 0.29) is 22.8 Å². The van der Waals surface area contributed by atoms with Gasteiger partial charge < -0.3 is 14.6 Å². The summed E-state index contributed by atoms with van der Waals surface area (Å²) in [5.41, 5.74) is -0.845. The molecular formula is C15H11F3O4. The first-order valence-corrected chi connectivity index (χ1v) is 6.07. The molecule has 0 saturated carbocycles. The van der Waals surface area contributed by atoms with E-state index in [1.807, 2.05) is 0 Å². The number of carbonyl (C=O) groups excluding carboxylic acids is 1. The standard InChI is InChI=1S/C15H11F3O4/c1-21-14(20)9-5-11(19)8-13(6-9)22-12-4-2-3-10(7-12)15(16,17)18/h2-8,19H,1H3. The Bertz CT molecular complexity index is 695. The van der Waals surface area contributed by atoms with Crippen LogP contribution in [0.1, 0.15) is 15.9 Å². The molecule has 0 aliphatic heterocycles. The molecule has 0 amide bonds. The zero-order chi connectivity index (χ0) is 16.3. The van der Waals surface area contributed by atoms with Crippen molar-refractivity contribution in [1.29, 1.82) is 0 Å². The van der Waals surface area contributed by atoms with E-state index in [0.717, 1.165) is 18.2 Å². The fraction of sp³-hybridized carbons (Fsp3) is 0.133. The van der Waals surface area contributed by atoms with Gasteiger partial charge in [0.25, 0.3) is 0 Å².